The Balaban J connectivity index is 2.70. The van der Waals surface area contributed by atoms with Crippen LogP contribution in [0.4, 0.5) is 0 Å². The fraction of sp³-hybridized carbons (Fsp3) is 0.500. The van der Waals surface area contributed by atoms with Crippen molar-refractivity contribution in [1.82, 2.24) is 0 Å². The van der Waals surface area contributed by atoms with Gasteiger partial charge in [0.15, 0.2) is 0 Å². The van der Waals surface area contributed by atoms with Crippen molar-refractivity contribution in [3.63, 3.8) is 0 Å². The molecular weight excluding hydrogens is 248 g/mol. The summed E-state index contributed by atoms with van der Waals surface area (Å²) in [7, 11) is 0. The van der Waals surface area contributed by atoms with Crippen LogP contribution in [0.25, 0.3) is 0 Å². The number of amidine groups is 1. The maximum atomic E-state index is 7.14. The highest BCUT2D eigenvalue weighted by Gasteiger charge is 2.10. The predicted molar refractivity (Wildman–Crippen MR) is 76.9 cm³/mol. The van der Waals surface area contributed by atoms with Crippen molar-refractivity contribution >= 4 is 17.4 Å². The molecule has 3 nitrogen and oxygen atoms in total. The fourth-order valence-electron chi connectivity index (χ4n) is 1.71. The van der Waals surface area contributed by atoms with Crippen LogP contribution in [0.5, 0.6) is 5.75 Å². The number of hydrogen-bond acceptors (Lipinski definition) is 2. The van der Waals surface area contributed by atoms with E-state index in [0.29, 0.717) is 18.9 Å². The van der Waals surface area contributed by atoms with Crippen LogP contribution >= 0.6 is 11.6 Å². The van der Waals surface area contributed by atoms with Gasteiger partial charge in [-0.3, -0.25) is 5.41 Å². The molecule has 1 aromatic rings. The number of halogens is 1. The van der Waals surface area contributed by atoms with Gasteiger partial charge in [-0.25, -0.2) is 0 Å². The van der Waals surface area contributed by atoms with Crippen LogP contribution < -0.4 is 10.5 Å². The van der Waals surface area contributed by atoms with Gasteiger partial charge in [-0.2, -0.15) is 0 Å². The molecule has 0 saturated carbocycles. The van der Waals surface area contributed by atoms with Gasteiger partial charge < -0.3 is 10.5 Å². The average Bonchev–Trinajstić information content (AvgIpc) is 2.25. The van der Waals surface area contributed by atoms with E-state index in [1.54, 1.807) is 0 Å². The minimum atomic E-state index is 0.203. The number of benzene rings is 1. The Morgan fingerprint density at radius 3 is 2.67 bits per heavy atom. The minimum Gasteiger partial charge on any atom is -0.493 e. The molecule has 0 amide bonds. The van der Waals surface area contributed by atoms with Crippen molar-refractivity contribution in [2.24, 2.45) is 5.73 Å². The molecule has 3 N–H and O–H groups in total. The monoisotopic (exact) mass is 268 g/mol. The third kappa shape index (κ3) is 4.22. The Hall–Kier alpha value is -1.22. The number of nitrogens with two attached hydrogens (primary N) is 1. The third-order valence-corrected chi connectivity index (χ3v) is 3.09. The third-order valence-electron chi connectivity index (χ3n) is 2.76. The molecule has 100 valence electrons. The van der Waals surface area contributed by atoms with Gasteiger partial charge in [0, 0.05) is 11.4 Å². The molecule has 0 bridgehead atoms. The molecule has 0 atom stereocenters. The molecule has 0 spiro atoms. The molecule has 0 aromatic heterocycles. The Labute approximate surface area is 114 Å². The maximum Gasteiger partial charge on any atom is 0.122 e. The van der Waals surface area contributed by atoms with E-state index in [9.17, 15) is 0 Å². The van der Waals surface area contributed by atoms with Gasteiger partial charge in [-0.15, -0.1) is 0 Å². The van der Waals surface area contributed by atoms with E-state index < -0.39 is 0 Å². The highest BCUT2D eigenvalue weighted by Crippen LogP contribution is 2.31. The lowest BCUT2D eigenvalue weighted by Gasteiger charge is -2.14. The molecule has 0 aliphatic carbocycles. The normalized spacial score (nSPS) is 10.7. The molecule has 0 aliphatic rings. The topological polar surface area (TPSA) is 59.1 Å². The van der Waals surface area contributed by atoms with Crippen LogP contribution in [0.3, 0.4) is 0 Å². The standard InChI is InChI=1S/C14H21ClN2O/c1-9(2)11-8-13(10(3)7-12(11)15)18-6-4-5-14(16)17/h7-9H,4-6H2,1-3H3,(H3,16,17). The van der Waals surface area contributed by atoms with Crippen LogP contribution in [-0.4, -0.2) is 12.4 Å². The maximum absolute atomic E-state index is 7.14. The van der Waals surface area contributed by atoms with Crippen molar-refractivity contribution in [1.29, 1.82) is 5.41 Å². The van der Waals surface area contributed by atoms with E-state index in [0.717, 1.165) is 28.3 Å². The largest absolute Gasteiger partial charge is 0.493 e. The van der Waals surface area contributed by atoms with E-state index in [-0.39, 0.29) is 5.84 Å². The summed E-state index contributed by atoms with van der Waals surface area (Å²) in [5.41, 5.74) is 7.43. The molecule has 1 aromatic carbocycles. The molecule has 0 fully saturated rings. The van der Waals surface area contributed by atoms with Gasteiger partial charge in [0.25, 0.3) is 0 Å². The summed E-state index contributed by atoms with van der Waals surface area (Å²) >= 11 is 6.20. The van der Waals surface area contributed by atoms with Crippen molar-refractivity contribution in [3.05, 3.63) is 28.3 Å². The molecule has 0 heterocycles. The van der Waals surface area contributed by atoms with Gasteiger partial charge in [-0.1, -0.05) is 25.4 Å². The Morgan fingerprint density at radius 1 is 1.44 bits per heavy atom. The second-order valence-electron chi connectivity index (χ2n) is 4.77. The fourth-order valence-corrected chi connectivity index (χ4v) is 2.15. The lowest BCUT2D eigenvalue weighted by atomic mass is 10.0. The minimum absolute atomic E-state index is 0.203. The van der Waals surface area contributed by atoms with Crippen molar-refractivity contribution < 1.29 is 4.74 Å². The van der Waals surface area contributed by atoms with Gasteiger partial charge in [-0.05, 0) is 42.5 Å². The molecule has 1 rings (SSSR count). The van der Waals surface area contributed by atoms with Crippen molar-refractivity contribution in [2.75, 3.05) is 6.61 Å². The molecule has 0 radical (unpaired) electrons. The van der Waals surface area contributed by atoms with Crippen LogP contribution in [0.1, 0.15) is 43.7 Å². The lowest BCUT2D eigenvalue weighted by molar-refractivity contribution is 0.311. The second-order valence-corrected chi connectivity index (χ2v) is 5.18. The first kappa shape index (κ1) is 14.8. The van der Waals surface area contributed by atoms with E-state index in [4.69, 9.17) is 27.5 Å². The molecule has 0 saturated heterocycles. The van der Waals surface area contributed by atoms with E-state index in [2.05, 4.69) is 13.8 Å². The SMILES string of the molecule is Cc1cc(Cl)c(C(C)C)cc1OCCCC(=N)N. The number of rotatable bonds is 6. The molecule has 18 heavy (non-hydrogen) atoms. The second kappa shape index (κ2) is 6.64. The van der Waals surface area contributed by atoms with E-state index in [1.807, 2.05) is 19.1 Å². The van der Waals surface area contributed by atoms with E-state index >= 15 is 0 Å². The first-order chi connectivity index (χ1) is 8.41. The quantitative estimate of drug-likeness (QED) is 0.467. The summed E-state index contributed by atoms with van der Waals surface area (Å²) in [6, 6.07) is 3.95. The van der Waals surface area contributed by atoms with E-state index in [1.165, 1.54) is 0 Å². The van der Waals surface area contributed by atoms with Crippen molar-refractivity contribution in [3.8, 4) is 5.75 Å². The highest BCUT2D eigenvalue weighted by molar-refractivity contribution is 6.31. The number of hydrogen-bond donors (Lipinski definition) is 2. The van der Waals surface area contributed by atoms with Gasteiger partial charge in [0.1, 0.15) is 5.75 Å². The molecular formula is C14H21ClN2O. The van der Waals surface area contributed by atoms with Gasteiger partial charge >= 0.3 is 0 Å². The molecule has 4 heteroatoms. The predicted octanol–water partition coefficient (Wildman–Crippen LogP) is 3.87. The molecule has 0 aliphatic heterocycles. The average molecular weight is 269 g/mol. The Morgan fingerprint density at radius 2 is 2.11 bits per heavy atom. The summed E-state index contributed by atoms with van der Waals surface area (Å²) in [4.78, 5) is 0. The summed E-state index contributed by atoms with van der Waals surface area (Å²) < 4.78 is 5.72. The first-order valence-electron chi connectivity index (χ1n) is 6.17. The van der Waals surface area contributed by atoms with Crippen LogP contribution in [-0.2, 0) is 0 Å². The van der Waals surface area contributed by atoms with Crippen LogP contribution in [0, 0.1) is 12.3 Å². The number of aryl methyl sites for hydroxylation is 1. The zero-order valence-corrected chi connectivity index (χ0v) is 12.0. The van der Waals surface area contributed by atoms with Gasteiger partial charge in [0.05, 0.1) is 12.4 Å². The zero-order valence-electron chi connectivity index (χ0n) is 11.2. The zero-order chi connectivity index (χ0) is 13.7. The van der Waals surface area contributed by atoms with Crippen LogP contribution in [0.2, 0.25) is 5.02 Å². The smallest absolute Gasteiger partial charge is 0.122 e. The van der Waals surface area contributed by atoms with Gasteiger partial charge in [0.2, 0.25) is 0 Å². The Kier molecular flexibility index (Phi) is 5.48. The number of ether oxygens (including phenoxy) is 1. The van der Waals surface area contributed by atoms with Crippen molar-refractivity contribution in [2.45, 2.75) is 39.5 Å². The van der Waals surface area contributed by atoms with Crippen LogP contribution in [0.15, 0.2) is 12.1 Å². The first-order valence-corrected chi connectivity index (χ1v) is 6.55. The summed E-state index contributed by atoms with van der Waals surface area (Å²) in [6.07, 6.45) is 1.33. The Bertz CT molecular complexity index is 430. The lowest BCUT2D eigenvalue weighted by Crippen LogP contribution is -2.11. The molecule has 0 unspecified atom stereocenters. The summed E-state index contributed by atoms with van der Waals surface area (Å²) in [5, 5.41) is 7.93. The summed E-state index contributed by atoms with van der Waals surface area (Å²) in [6.45, 7) is 6.77. The summed E-state index contributed by atoms with van der Waals surface area (Å²) in [5.74, 6) is 1.44. The number of nitrogens with one attached hydrogen (secondary N) is 1. The highest BCUT2D eigenvalue weighted by atomic mass is 35.5.